The molecule has 0 aromatic rings. The van der Waals surface area contributed by atoms with E-state index in [2.05, 4.69) is 25.7 Å². The van der Waals surface area contributed by atoms with Gasteiger partial charge in [0.05, 0.1) is 6.10 Å². The zero-order valence-corrected chi connectivity index (χ0v) is 11.1. The highest BCUT2D eigenvalue weighted by Gasteiger charge is 2.39. The fourth-order valence-electron chi connectivity index (χ4n) is 3.40. The molecular weight excluding hydrogens is 198 g/mol. The van der Waals surface area contributed by atoms with Gasteiger partial charge in [-0.1, -0.05) is 27.2 Å². The van der Waals surface area contributed by atoms with Crippen molar-refractivity contribution >= 4 is 0 Å². The predicted molar refractivity (Wildman–Crippen MR) is 67.4 cm³/mol. The van der Waals surface area contributed by atoms with Crippen LogP contribution in [0.15, 0.2) is 0 Å². The highest BCUT2D eigenvalue weighted by Crippen LogP contribution is 2.39. The lowest BCUT2D eigenvalue weighted by Crippen LogP contribution is -2.48. The summed E-state index contributed by atoms with van der Waals surface area (Å²) in [6, 6.07) is 0.431. The van der Waals surface area contributed by atoms with Crippen molar-refractivity contribution in [2.75, 3.05) is 13.1 Å². The van der Waals surface area contributed by atoms with Crippen molar-refractivity contribution < 1.29 is 5.11 Å². The monoisotopic (exact) mass is 225 g/mol. The maximum Gasteiger partial charge on any atom is 0.0695 e. The van der Waals surface area contributed by atoms with Gasteiger partial charge in [0.25, 0.3) is 0 Å². The Labute approximate surface area is 100 Å². The zero-order valence-electron chi connectivity index (χ0n) is 11.1. The Balaban J connectivity index is 1.97. The molecular formula is C14H27NO. The first-order chi connectivity index (χ1) is 7.52. The third-order valence-corrected chi connectivity index (χ3v) is 4.69. The van der Waals surface area contributed by atoms with E-state index < -0.39 is 0 Å². The summed E-state index contributed by atoms with van der Waals surface area (Å²) < 4.78 is 0. The average molecular weight is 225 g/mol. The largest absolute Gasteiger partial charge is 0.391 e. The molecule has 1 aliphatic heterocycles. The Bertz CT molecular complexity index is 239. The Morgan fingerprint density at radius 1 is 1.31 bits per heavy atom. The maximum atomic E-state index is 10.2. The molecule has 1 N–H and O–H groups in total. The minimum absolute atomic E-state index is 0.0800. The van der Waals surface area contributed by atoms with Gasteiger partial charge < -0.3 is 5.11 Å². The van der Waals surface area contributed by atoms with Crippen molar-refractivity contribution in [3.8, 4) is 0 Å². The Morgan fingerprint density at radius 2 is 2.06 bits per heavy atom. The third-order valence-electron chi connectivity index (χ3n) is 4.69. The molecule has 1 heterocycles. The van der Waals surface area contributed by atoms with Crippen LogP contribution in [0.3, 0.4) is 0 Å². The van der Waals surface area contributed by atoms with Gasteiger partial charge in [0.15, 0.2) is 0 Å². The maximum absolute atomic E-state index is 10.2. The van der Waals surface area contributed by atoms with E-state index in [0.717, 1.165) is 12.3 Å². The molecule has 1 aliphatic carbocycles. The average Bonchev–Trinajstić information content (AvgIpc) is 2.70. The minimum Gasteiger partial charge on any atom is -0.391 e. The lowest BCUT2D eigenvalue weighted by molar-refractivity contribution is -0.00960. The smallest absolute Gasteiger partial charge is 0.0695 e. The van der Waals surface area contributed by atoms with Crippen molar-refractivity contribution in [1.29, 1.82) is 0 Å². The number of rotatable bonds is 2. The van der Waals surface area contributed by atoms with Gasteiger partial charge in [-0.05, 0) is 43.6 Å². The fourth-order valence-corrected chi connectivity index (χ4v) is 3.40. The molecule has 2 aliphatic rings. The van der Waals surface area contributed by atoms with Crippen molar-refractivity contribution in [3.05, 3.63) is 0 Å². The lowest BCUT2D eigenvalue weighted by atomic mass is 9.73. The first-order valence-electron chi connectivity index (χ1n) is 6.94. The van der Waals surface area contributed by atoms with E-state index >= 15 is 0 Å². The lowest BCUT2D eigenvalue weighted by Gasteiger charge is -2.42. The number of hydrogen-bond acceptors (Lipinski definition) is 2. The predicted octanol–water partition coefficient (Wildman–Crippen LogP) is 2.66. The van der Waals surface area contributed by atoms with E-state index in [0.29, 0.717) is 11.5 Å². The first kappa shape index (κ1) is 12.4. The van der Waals surface area contributed by atoms with E-state index in [1.54, 1.807) is 0 Å². The van der Waals surface area contributed by atoms with Gasteiger partial charge in [0.1, 0.15) is 0 Å². The molecule has 3 atom stereocenters. The van der Waals surface area contributed by atoms with Crippen LogP contribution < -0.4 is 0 Å². The van der Waals surface area contributed by atoms with E-state index in [9.17, 15) is 5.11 Å². The van der Waals surface area contributed by atoms with Crippen LogP contribution in [-0.4, -0.2) is 35.2 Å². The van der Waals surface area contributed by atoms with Gasteiger partial charge in [0.2, 0.25) is 0 Å². The summed E-state index contributed by atoms with van der Waals surface area (Å²) in [5.74, 6) is 0.872. The van der Waals surface area contributed by atoms with Crippen LogP contribution in [0, 0.1) is 11.3 Å². The van der Waals surface area contributed by atoms with Crippen molar-refractivity contribution in [1.82, 2.24) is 4.90 Å². The Morgan fingerprint density at radius 3 is 2.69 bits per heavy atom. The molecule has 0 radical (unpaired) electrons. The summed E-state index contributed by atoms with van der Waals surface area (Å²) >= 11 is 0. The second-order valence-corrected chi connectivity index (χ2v) is 6.60. The molecule has 0 aromatic carbocycles. The number of nitrogens with zero attached hydrogens (tertiary/aromatic N) is 1. The molecule has 0 bridgehead atoms. The fraction of sp³-hybridized carbons (Fsp3) is 1.00. The van der Waals surface area contributed by atoms with E-state index in [1.807, 2.05) is 0 Å². The van der Waals surface area contributed by atoms with Gasteiger partial charge in [-0.2, -0.15) is 0 Å². The highest BCUT2D eigenvalue weighted by atomic mass is 16.3. The Kier molecular flexibility index (Phi) is 3.60. The molecule has 3 unspecified atom stereocenters. The third kappa shape index (κ3) is 2.60. The van der Waals surface area contributed by atoms with E-state index in [4.69, 9.17) is 0 Å². The SMILES string of the molecule is CCC1CCN(C2CC(C)(C)CCC2O)C1. The molecule has 94 valence electrons. The van der Waals surface area contributed by atoms with Crippen LogP contribution in [0.25, 0.3) is 0 Å². The summed E-state index contributed by atoms with van der Waals surface area (Å²) in [6.45, 7) is 9.40. The topological polar surface area (TPSA) is 23.5 Å². The number of hydrogen-bond donors (Lipinski definition) is 1. The van der Waals surface area contributed by atoms with Crippen LogP contribution in [0.1, 0.15) is 52.9 Å². The van der Waals surface area contributed by atoms with Gasteiger partial charge in [-0.3, -0.25) is 4.90 Å². The molecule has 0 aromatic heterocycles. The molecule has 2 nitrogen and oxygen atoms in total. The summed E-state index contributed by atoms with van der Waals surface area (Å²) in [5, 5.41) is 10.2. The standard InChI is InChI=1S/C14H27NO/c1-4-11-6-8-15(10-11)12-9-14(2,3)7-5-13(12)16/h11-13,16H,4-10H2,1-3H3. The number of aliphatic hydroxyl groups is 1. The quantitative estimate of drug-likeness (QED) is 0.781. The summed E-state index contributed by atoms with van der Waals surface area (Å²) in [4.78, 5) is 2.56. The van der Waals surface area contributed by atoms with Gasteiger partial charge in [-0.25, -0.2) is 0 Å². The molecule has 2 rings (SSSR count). The molecule has 16 heavy (non-hydrogen) atoms. The minimum atomic E-state index is -0.0800. The van der Waals surface area contributed by atoms with Gasteiger partial charge in [-0.15, -0.1) is 0 Å². The van der Waals surface area contributed by atoms with Gasteiger partial charge in [0, 0.05) is 12.6 Å². The van der Waals surface area contributed by atoms with Crippen LogP contribution in [0.2, 0.25) is 0 Å². The molecule has 2 fully saturated rings. The second-order valence-electron chi connectivity index (χ2n) is 6.60. The number of likely N-dealkylation sites (tertiary alicyclic amines) is 1. The van der Waals surface area contributed by atoms with Crippen molar-refractivity contribution in [2.24, 2.45) is 11.3 Å². The van der Waals surface area contributed by atoms with E-state index in [1.165, 1.54) is 38.8 Å². The molecule has 0 spiro atoms. The van der Waals surface area contributed by atoms with Gasteiger partial charge >= 0.3 is 0 Å². The summed E-state index contributed by atoms with van der Waals surface area (Å²) in [7, 11) is 0. The first-order valence-corrected chi connectivity index (χ1v) is 6.94. The summed E-state index contributed by atoms with van der Waals surface area (Å²) in [6.07, 6.45) is 5.89. The van der Waals surface area contributed by atoms with Crippen LogP contribution in [0.5, 0.6) is 0 Å². The summed E-state index contributed by atoms with van der Waals surface area (Å²) in [5.41, 5.74) is 0.425. The normalized spacial score (nSPS) is 40.1. The van der Waals surface area contributed by atoms with E-state index in [-0.39, 0.29) is 6.10 Å². The molecule has 0 amide bonds. The molecule has 2 heteroatoms. The van der Waals surface area contributed by atoms with Crippen molar-refractivity contribution in [3.63, 3.8) is 0 Å². The van der Waals surface area contributed by atoms with Crippen LogP contribution in [0.4, 0.5) is 0 Å². The number of aliphatic hydroxyl groups excluding tert-OH is 1. The Hall–Kier alpha value is -0.0800. The molecule has 1 saturated heterocycles. The molecule has 1 saturated carbocycles. The van der Waals surface area contributed by atoms with Crippen molar-refractivity contribution in [2.45, 2.75) is 65.0 Å². The second kappa shape index (κ2) is 4.66. The van der Waals surface area contributed by atoms with Crippen LogP contribution in [-0.2, 0) is 0 Å². The highest BCUT2D eigenvalue weighted by molar-refractivity contribution is 4.93. The van der Waals surface area contributed by atoms with Crippen LogP contribution >= 0.6 is 0 Å². The zero-order chi connectivity index (χ0) is 11.8.